The third-order valence-electron chi connectivity index (χ3n) is 5.53. The first-order chi connectivity index (χ1) is 13.7. The predicted molar refractivity (Wildman–Crippen MR) is 113 cm³/mol. The predicted octanol–water partition coefficient (Wildman–Crippen LogP) is 4.16. The van der Waals surface area contributed by atoms with Crippen molar-refractivity contribution in [2.75, 3.05) is 6.61 Å². The lowest BCUT2D eigenvalue weighted by Crippen LogP contribution is -2.41. The van der Waals surface area contributed by atoms with E-state index in [2.05, 4.69) is 35.7 Å². The fraction of sp³-hybridized carbons (Fsp3) is 0.455. The third-order valence-corrected chi connectivity index (χ3v) is 6.00. The average Bonchev–Trinajstić information content (AvgIpc) is 3.08. The van der Waals surface area contributed by atoms with Gasteiger partial charge in [-0.15, -0.1) is 0 Å². The highest BCUT2D eigenvalue weighted by Gasteiger charge is 2.38. The number of phosphoric acid groups is 1. The largest absolute Gasteiger partial charge is 0.491 e. The van der Waals surface area contributed by atoms with Gasteiger partial charge in [0.2, 0.25) is 0 Å². The van der Waals surface area contributed by atoms with Gasteiger partial charge in [0, 0.05) is 5.54 Å². The number of ether oxygens (including phenoxy) is 1. The molecule has 0 aromatic heterocycles. The molecule has 1 aliphatic rings. The van der Waals surface area contributed by atoms with Crippen LogP contribution in [0, 0.1) is 0 Å². The maximum Gasteiger partial charge on any atom is 0.469 e. The molecule has 1 fully saturated rings. The molecule has 0 amide bonds. The molecule has 0 bridgehead atoms. The number of phosphoric ester groups is 1. The quantitative estimate of drug-likeness (QED) is 0.528. The monoisotopic (exact) mass is 419 g/mol. The van der Waals surface area contributed by atoms with Crippen molar-refractivity contribution in [3.05, 3.63) is 65.7 Å². The smallest absolute Gasteiger partial charge is 0.469 e. The molecule has 2 aromatic rings. The minimum absolute atomic E-state index is 0.120. The maximum absolute atomic E-state index is 10.9. The molecule has 0 unspecified atom stereocenters. The van der Waals surface area contributed by atoms with Gasteiger partial charge in [-0.25, -0.2) is 4.57 Å². The second kappa shape index (κ2) is 9.41. The van der Waals surface area contributed by atoms with Gasteiger partial charge in [0.05, 0.1) is 12.7 Å². The summed E-state index contributed by atoms with van der Waals surface area (Å²) < 4.78 is 21.5. The van der Waals surface area contributed by atoms with Crippen molar-refractivity contribution in [1.29, 1.82) is 0 Å². The molecule has 1 aliphatic carbocycles. The van der Waals surface area contributed by atoms with Crippen molar-refractivity contribution in [2.45, 2.75) is 56.6 Å². The Kier molecular flexibility index (Phi) is 7.14. The van der Waals surface area contributed by atoms with Crippen LogP contribution in [0.5, 0.6) is 5.75 Å². The van der Waals surface area contributed by atoms with Crippen molar-refractivity contribution in [3.8, 4) is 5.75 Å². The Morgan fingerprint density at radius 3 is 2.52 bits per heavy atom. The van der Waals surface area contributed by atoms with Crippen LogP contribution in [0.15, 0.2) is 54.6 Å². The number of benzene rings is 2. The SMILES string of the molecule is C[C@@H](CCc1ccc([C@@H]2CC[C@@](N)(COP(=O)(O)O)C2)cc1)Oc1ccccc1. The van der Waals surface area contributed by atoms with Crippen LogP contribution in [0.4, 0.5) is 0 Å². The lowest BCUT2D eigenvalue weighted by Gasteiger charge is -2.24. The summed E-state index contributed by atoms with van der Waals surface area (Å²) in [6.07, 6.45) is 4.25. The first-order valence-corrected chi connectivity index (χ1v) is 11.5. The molecule has 2 aromatic carbocycles. The zero-order chi connectivity index (χ0) is 20.9. The van der Waals surface area contributed by atoms with Crippen molar-refractivity contribution < 1.29 is 23.6 Å². The lowest BCUT2D eigenvalue weighted by molar-refractivity contribution is 0.153. The van der Waals surface area contributed by atoms with Gasteiger partial charge in [0.15, 0.2) is 0 Å². The number of nitrogens with two attached hydrogens (primary N) is 1. The fourth-order valence-electron chi connectivity index (χ4n) is 3.90. The number of hydrogen-bond donors (Lipinski definition) is 3. The van der Waals surface area contributed by atoms with Crippen LogP contribution < -0.4 is 10.5 Å². The summed E-state index contributed by atoms with van der Waals surface area (Å²) in [6.45, 7) is 1.96. The van der Waals surface area contributed by atoms with Crippen LogP contribution in [0.25, 0.3) is 0 Å². The first kappa shape index (κ1) is 22.0. The summed E-state index contributed by atoms with van der Waals surface area (Å²) >= 11 is 0. The molecule has 0 spiro atoms. The van der Waals surface area contributed by atoms with Gasteiger partial charge in [-0.05, 0) is 68.2 Å². The van der Waals surface area contributed by atoms with Crippen molar-refractivity contribution in [2.24, 2.45) is 5.73 Å². The molecule has 7 heteroatoms. The molecule has 1 saturated carbocycles. The van der Waals surface area contributed by atoms with Crippen molar-refractivity contribution in [1.82, 2.24) is 0 Å². The van der Waals surface area contributed by atoms with E-state index in [0.29, 0.717) is 12.8 Å². The molecule has 4 N–H and O–H groups in total. The Labute approximate surface area is 172 Å². The van der Waals surface area contributed by atoms with E-state index in [9.17, 15) is 4.57 Å². The number of aryl methyl sites for hydroxylation is 1. The Hall–Kier alpha value is -1.69. The highest BCUT2D eigenvalue weighted by atomic mass is 31.2. The Morgan fingerprint density at radius 2 is 1.86 bits per heavy atom. The second-order valence-corrected chi connectivity index (χ2v) is 9.33. The van der Waals surface area contributed by atoms with E-state index >= 15 is 0 Å². The van der Waals surface area contributed by atoms with E-state index in [1.54, 1.807) is 0 Å². The summed E-state index contributed by atoms with van der Waals surface area (Å²) in [5, 5.41) is 0. The Bertz CT molecular complexity index is 823. The van der Waals surface area contributed by atoms with E-state index in [1.165, 1.54) is 11.1 Å². The summed E-state index contributed by atoms with van der Waals surface area (Å²) in [5.74, 6) is 1.18. The standard InChI is InChI=1S/C22H30NO5P/c1-17(28-21-5-3-2-4-6-21)7-8-18-9-11-19(12-10-18)20-13-14-22(23,15-20)16-27-29(24,25)26/h2-6,9-12,17,20H,7-8,13-16,23H2,1H3,(H2,24,25,26)/t17-,20+,22-/m0/s1. The van der Waals surface area contributed by atoms with Crippen LogP contribution in [-0.2, 0) is 15.5 Å². The van der Waals surface area contributed by atoms with Gasteiger partial charge in [-0.1, -0.05) is 42.5 Å². The Balaban J connectivity index is 1.48. The molecule has 158 valence electrons. The lowest BCUT2D eigenvalue weighted by atomic mass is 9.92. The normalized spacial score (nSPS) is 23.1. The van der Waals surface area contributed by atoms with E-state index in [-0.39, 0.29) is 18.6 Å². The molecule has 0 heterocycles. The van der Waals surface area contributed by atoms with Gasteiger partial charge in [-0.3, -0.25) is 4.52 Å². The molecule has 0 aliphatic heterocycles. The van der Waals surface area contributed by atoms with Crippen LogP contribution in [-0.4, -0.2) is 28.0 Å². The second-order valence-electron chi connectivity index (χ2n) is 8.09. The molecule has 3 atom stereocenters. The summed E-state index contributed by atoms with van der Waals surface area (Å²) in [4.78, 5) is 17.8. The molecule has 0 saturated heterocycles. The molecular weight excluding hydrogens is 389 g/mol. The molecular formula is C22H30NO5P. The van der Waals surface area contributed by atoms with Gasteiger partial charge < -0.3 is 20.3 Å². The first-order valence-electron chi connectivity index (χ1n) is 10.0. The molecule has 29 heavy (non-hydrogen) atoms. The van der Waals surface area contributed by atoms with E-state index in [1.807, 2.05) is 30.3 Å². The average molecular weight is 419 g/mol. The topological polar surface area (TPSA) is 102 Å². The van der Waals surface area contributed by atoms with Crippen LogP contribution >= 0.6 is 7.82 Å². The minimum Gasteiger partial charge on any atom is -0.491 e. The van der Waals surface area contributed by atoms with E-state index in [0.717, 1.165) is 25.0 Å². The zero-order valence-electron chi connectivity index (χ0n) is 16.7. The van der Waals surface area contributed by atoms with Gasteiger partial charge >= 0.3 is 7.82 Å². The number of hydrogen-bond acceptors (Lipinski definition) is 4. The highest BCUT2D eigenvalue weighted by molar-refractivity contribution is 7.46. The number of para-hydroxylation sites is 1. The van der Waals surface area contributed by atoms with Crippen LogP contribution in [0.3, 0.4) is 0 Å². The molecule has 6 nitrogen and oxygen atoms in total. The van der Waals surface area contributed by atoms with Gasteiger partial charge in [-0.2, -0.15) is 0 Å². The summed E-state index contributed by atoms with van der Waals surface area (Å²) in [7, 11) is -4.49. The van der Waals surface area contributed by atoms with Crippen LogP contribution in [0.1, 0.15) is 49.7 Å². The minimum atomic E-state index is -4.49. The van der Waals surface area contributed by atoms with Crippen LogP contribution in [0.2, 0.25) is 0 Å². The molecule has 3 rings (SSSR count). The zero-order valence-corrected chi connectivity index (χ0v) is 17.6. The summed E-state index contributed by atoms with van der Waals surface area (Å²) in [5.41, 5.74) is 8.08. The maximum atomic E-state index is 10.9. The van der Waals surface area contributed by atoms with Crippen molar-refractivity contribution in [3.63, 3.8) is 0 Å². The van der Waals surface area contributed by atoms with Gasteiger partial charge in [0.1, 0.15) is 5.75 Å². The van der Waals surface area contributed by atoms with Gasteiger partial charge in [0.25, 0.3) is 0 Å². The molecule has 0 radical (unpaired) electrons. The number of rotatable bonds is 9. The van der Waals surface area contributed by atoms with E-state index < -0.39 is 13.4 Å². The fourth-order valence-corrected chi connectivity index (χ4v) is 4.33. The third kappa shape index (κ3) is 6.95. The summed E-state index contributed by atoms with van der Waals surface area (Å²) in [6, 6.07) is 18.4. The Morgan fingerprint density at radius 1 is 1.17 bits per heavy atom. The van der Waals surface area contributed by atoms with Crippen molar-refractivity contribution >= 4 is 7.82 Å². The van der Waals surface area contributed by atoms with E-state index in [4.69, 9.17) is 20.3 Å². The highest BCUT2D eigenvalue weighted by Crippen LogP contribution is 2.43.